The number of piperidine rings is 1. The number of carbonyl (C=O) groups excluding carboxylic acids is 1. The van der Waals surface area contributed by atoms with Crippen LogP contribution < -0.4 is 10.2 Å². The van der Waals surface area contributed by atoms with Crippen molar-refractivity contribution in [3.63, 3.8) is 0 Å². The molecule has 1 amide bonds. The van der Waals surface area contributed by atoms with Gasteiger partial charge in [-0.25, -0.2) is 4.68 Å². The summed E-state index contributed by atoms with van der Waals surface area (Å²) < 4.78 is 1.97. The third-order valence-corrected chi connectivity index (χ3v) is 7.52. The minimum atomic E-state index is 0.00855. The fourth-order valence-electron chi connectivity index (χ4n) is 4.78. The average molecular weight is 487 g/mol. The van der Waals surface area contributed by atoms with Gasteiger partial charge in [0.25, 0.3) is 0 Å². The Labute approximate surface area is 209 Å². The van der Waals surface area contributed by atoms with Gasteiger partial charge in [-0.2, -0.15) is 10.2 Å². The van der Waals surface area contributed by atoms with E-state index >= 15 is 0 Å². The first-order valence-corrected chi connectivity index (χ1v) is 13.2. The summed E-state index contributed by atoms with van der Waals surface area (Å²) in [4.78, 5) is 16.3. The van der Waals surface area contributed by atoms with Crippen molar-refractivity contribution >= 4 is 34.4 Å². The molecule has 0 spiro atoms. The van der Waals surface area contributed by atoms with E-state index < -0.39 is 0 Å². The molecule has 7 nitrogen and oxygen atoms in total. The second kappa shape index (κ2) is 10.1. The molecule has 1 N–H and O–H groups in total. The van der Waals surface area contributed by atoms with Gasteiger partial charge in [-0.1, -0.05) is 30.3 Å². The molecule has 1 saturated heterocycles. The summed E-state index contributed by atoms with van der Waals surface area (Å²) in [6, 6.07) is 18.5. The van der Waals surface area contributed by atoms with Crippen LogP contribution in [0.5, 0.6) is 0 Å². The van der Waals surface area contributed by atoms with Crippen LogP contribution in [0.3, 0.4) is 0 Å². The number of benzene rings is 2. The van der Waals surface area contributed by atoms with Gasteiger partial charge in [0.2, 0.25) is 5.91 Å². The number of anilines is 1. The molecule has 8 heteroatoms. The molecule has 1 aliphatic heterocycles. The predicted octanol–water partition coefficient (Wildman–Crippen LogP) is 4.69. The summed E-state index contributed by atoms with van der Waals surface area (Å²) in [5.41, 5.74) is 4.94. The van der Waals surface area contributed by atoms with E-state index in [4.69, 9.17) is 5.10 Å². The Morgan fingerprint density at radius 2 is 1.74 bits per heavy atom. The highest BCUT2D eigenvalue weighted by Crippen LogP contribution is 2.31. The minimum Gasteiger partial charge on any atom is -0.353 e. The fraction of sp³-hybridized carbons (Fsp3) is 0.333. The molecule has 1 fully saturated rings. The second-order valence-electron chi connectivity index (χ2n) is 8.99. The smallest absolute Gasteiger partial charge is 0.223 e. The van der Waals surface area contributed by atoms with E-state index in [1.807, 2.05) is 29.8 Å². The van der Waals surface area contributed by atoms with E-state index in [1.54, 1.807) is 11.8 Å². The van der Waals surface area contributed by atoms with Crippen LogP contribution in [-0.2, 0) is 11.3 Å². The van der Waals surface area contributed by atoms with Gasteiger partial charge in [-0.15, -0.1) is 16.9 Å². The SMILES string of the molecule is CSc1ccc(CNC(=O)C2CCN(c3nnc(C)c4c(C)n(-c5ccccc5)nc34)CC2)cc1. The zero-order chi connectivity index (χ0) is 24.4. The maximum Gasteiger partial charge on any atom is 0.223 e. The van der Waals surface area contributed by atoms with Gasteiger partial charge in [0, 0.05) is 30.4 Å². The molecule has 35 heavy (non-hydrogen) atoms. The van der Waals surface area contributed by atoms with Crippen LogP contribution in [0, 0.1) is 19.8 Å². The minimum absolute atomic E-state index is 0.00855. The normalized spacial score (nSPS) is 14.4. The van der Waals surface area contributed by atoms with Crippen molar-refractivity contribution in [1.82, 2.24) is 25.3 Å². The number of aryl methyl sites for hydroxylation is 2. The van der Waals surface area contributed by atoms with Crippen LogP contribution in [-0.4, -0.2) is 45.2 Å². The van der Waals surface area contributed by atoms with Crippen molar-refractivity contribution in [3.05, 3.63) is 71.5 Å². The first kappa shape index (κ1) is 23.4. The van der Waals surface area contributed by atoms with Crippen LogP contribution in [0.2, 0.25) is 0 Å². The van der Waals surface area contributed by atoms with E-state index in [1.165, 1.54) is 4.90 Å². The lowest BCUT2D eigenvalue weighted by molar-refractivity contribution is -0.125. The lowest BCUT2D eigenvalue weighted by atomic mass is 9.95. The molecule has 2 aromatic heterocycles. The molecule has 0 atom stereocenters. The molecule has 5 rings (SSSR count). The number of amides is 1. The number of fused-ring (bicyclic) bond motifs is 1. The molecule has 0 saturated carbocycles. The Bertz CT molecular complexity index is 1330. The van der Waals surface area contributed by atoms with E-state index in [0.29, 0.717) is 6.54 Å². The zero-order valence-corrected chi connectivity index (χ0v) is 21.2. The van der Waals surface area contributed by atoms with Crippen molar-refractivity contribution < 1.29 is 4.79 Å². The number of hydrogen-bond donors (Lipinski definition) is 1. The van der Waals surface area contributed by atoms with Gasteiger partial charge in [0.15, 0.2) is 5.82 Å². The molecule has 180 valence electrons. The third kappa shape index (κ3) is 4.75. The molecular formula is C27H30N6OS. The van der Waals surface area contributed by atoms with Gasteiger partial charge in [0.1, 0.15) is 5.52 Å². The van der Waals surface area contributed by atoms with Gasteiger partial charge >= 0.3 is 0 Å². The number of hydrogen-bond acceptors (Lipinski definition) is 6. The topological polar surface area (TPSA) is 75.9 Å². The van der Waals surface area contributed by atoms with Crippen LogP contribution >= 0.6 is 11.8 Å². The summed E-state index contributed by atoms with van der Waals surface area (Å²) in [6.07, 6.45) is 3.63. The Kier molecular flexibility index (Phi) is 6.72. The third-order valence-electron chi connectivity index (χ3n) is 6.78. The van der Waals surface area contributed by atoms with E-state index in [0.717, 1.165) is 65.3 Å². The van der Waals surface area contributed by atoms with Crippen molar-refractivity contribution in [1.29, 1.82) is 0 Å². The monoisotopic (exact) mass is 486 g/mol. The average Bonchev–Trinajstić information content (AvgIpc) is 3.26. The van der Waals surface area contributed by atoms with Crippen molar-refractivity contribution in [3.8, 4) is 5.69 Å². The maximum atomic E-state index is 12.8. The van der Waals surface area contributed by atoms with Gasteiger partial charge in [-0.3, -0.25) is 4.79 Å². The van der Waals surface area contributed by atoms with E-state index in [9.17, 15) is 4.79 Å². The largest absolute Gasteiger partial charge is 0.353 e. The van der Waals surface area contributed by atoms with Gasteiger partial charge in [0.05, 0.1) is 22.5 Å². The summed E-state index contributed by atoms with van der Waals surface area (Å²) in [6.45, 7) is 6.13. The van der Waals surface area contributed by atoms with Gasteiger partial charge in [-0.05, 0) is 62.8 Å². The number of aromatic nitrogens is 4. The zero-order valence-electron chi connectivity index (χ0n) is 20.4. The lowest BCUT2D eigenvalue weighted by Crippen LogP contribution is -2.40. The van der Waals surface area contributed by atoms with Crippen LogP contribution in [0.15, 0.2) is 59.5 Å². The molecule has 4 aromatic rings. The molecule has 2 aromatic carbocycles. The quantitative estimate of drug-likeness (QED) is 0.399. The number of thioether (sulfide) groups is 1. The Morgan fingerprint density at radius 3 is 2.43 bits per heavy atom. The first-order valence-electron chi connectivity index (χ1n) is 12.0. The fourth-order valence-corrected chi connectivity index (χ4v) is 5.18. The number of nitrogens with zero attached hydrogens (tertiary/aromatic N) is 5. The molecule has 3 heterocycles. The Morgan fingerprint density at radius 1 is 1.03 bits per heavy atom. The molecule has 0 radical (unpaired) electrons. The van der Waals surface area contributed by atoms with Crippen molar-refractivity contribution in [2.45, 2.75) is 38.1 Å². The first-order chi connectivity index (χ1) is 17.0. The predicted molar refractivity (Wildman–Crippen MR) is 141 cm³/mol. The molecule has 0 bridgehead atoms. The highest BCUT2D eigenvalue weighted by atomic mass is 32.2. The van der Waals surface area contributed by atoms with Crippen LogP contribution in [0.4, 0.5) is 5.82 Å². The standard InChI is InChI=1S/C27H30N6OS/c1-18-24-19(2)33(22-7-5-4-6-8-22)31-25(24)26(30-29-18)32-15-13-21(14-16-32)27(34)28-17-20-9-11-23(35-3)12-10-20/h4-12,21H,13-17H2,1-3H3,(H,28,34). The second-order valence-corrected chi connectivity index (χ2v) is 9.87. The summed E-state index contributed by atoms with van der Waals surface area (Å²) in [5, 5.41) is 18.1. The van der Waals surface area contributed by atoms with Crippen LogP contribution in [0.1, 0.15) is 29.8 Å². The molecule has 0 aliphatic carbocycles. The highest BCUT2D eigenvalue weighted by molar-refractivity contribution is 7.98. The van der Waals surface area contributed by atoms with Gasteiger partial charge < -0.3 is 10.2 Å². The number of rotatable bonds is 6. The van der Waals surface area contributed by atoms with E-state index in [-0.39, 0.29) is 11.8 Å². The number of carbonyl (C=O) groups is 1. The lowest BCUT2D eigenvalue weighted by Gasteiger charge is -2.32. The molecule has 1 aliphatic rings. The maximum absolute atomic E-state index is 12.8. The van der Waals surface area contributed by atoms with Crippen molar-refractivity contribution in [2.75, 3.05) is 24.2 Å². The summed E-state index contributed by atoms with van der Waals surface area (Å²) >= 11 is 1.72. The number of para-hydroxylation sites is 1. The van der Waals surface area contributed by atoms with Crippen LogP contribution in [0.25, 0.3) is 16.6 Å². The Balaban J connectivity index is 1.28. The summed E-state index contributed by atoms with van der Waals surface area (Å²) in [5.74, 6) is 0.938. The Hall–Kier alpha value is -3.39. The summed E-state index contributed by atoms with van der Waals surface area (Å²) in [7, 11) is 0. The molecule has 0 unspecified atom stereocenters. The molecular weight excluding hydrogens is 456 g/mol. The number of nitrogens with one attached hydrogen (secondary N) is 1. The van der Waals surface area contributed by atoms with Crippen molar-refractivity contribution in [2.24, 2.45) is 5.92 Å². The van der Waals surface area contributed by atoms with E-state index in [2.05, 4.69) is 70.0 Å². The highest BCUT2D eigenvalue weighted by Gasteiger charge is 2.28.